The zero-order valence-corrected chi connectivity index (χ0v) is 15.3. The Morgan fingerprint density at radius 3 is 2.79 bits per heavy atom. The van der Waals surface area contributed by atoms with Gasteiger partial charge in [-0.25, -0.2) is 0 Å². The second kappa shape index (κ2) is 8.53. The number of hydrogen-bond acceptors (Lipinski definition) is 3. The van der Waals surface area contributed by atoms with Crippen molar-refractivity contribution < 1.29 is 4.79 Å². The summed E-state index contributed by atoms with van der Waals surface area (Å²) < 4.78 is 0.961. The number of anilines is 1. The van der Waals surface area contributed by atoms with Gasteiger partial charge in [0.15, 0.2) is 0 Å². The summed E-state index contributed by atoms with van der Waals surface area (Å²) >= 11 is 9.38. The molecule has 0 aromatic heterocycles. The largest absolute Gasteiger partial charge is 0.386 e. The van der Waals surface area contributed by atoms with E-state index in [0.717, 1.165) is 15.6 Å². The highest BCUT2D eigenvalue weighted by Crippen LogP contribution is 2.20. The van der Waals surface area contributed by atoms with Crippen molar-refractivity contribution in [1.29, 1.82) is 5.26 Å². The van der Waals surface area contributed by atoms with Crippen molar-refractivity contribution in [3.05, 3.63) is 74.9 Å². The minimum Gasteiger partial charge on any atom is -0.386 e. The second-order valence-electron chi connectivity index (χ2n) is 5.06. The summed E-state index contributed by atoms with van der Waals surface area (Å²) in [5, 5.41) is 15.4. The lowest BCUT2D eigenvalue weighted by Gasteiger charge is -2.09. The average Bonchev–Trinajstić information content (AvgIpc) is 2.56. The molecule has 4 nitrogen and oxygen atoms in total. The first-order chi connectivity index (χ1) is 11.5. The van der Waals surface area contributed by atoms with Gasteiger partial charge in [-0.2, -0.15) is 5.26 Å². The first kappa shape index (κ1) is 18.1. The van der Waals surface area contributed by atoms with E-state index in [9.17, 15) is 10.1 Å². The fourth-order valence-corrected chi connectivity index (χ4v) is 2.57. The molecule has 122 valence electrons. The number of nitriles is 1. The van der Waals surface area contributed by atoms with Gasteiger partial charge in [0.1, 0.15) is 11.6 Å². The van der Waals surface area contributed by atoms with Crippen molar-refractivity contribution in [2.24, 2.45) is 0 Å². The topological polar surface area (TPSA) is 64.9 Å². The minimum absolute atomic E-state index is 0.0126. The van der Waals surface area contributed by atoms with Gasteiger partial charge in [-0.05, 0) is 36.2 Å². The van der Waals surface area contributed by atoms with Crippen LogP contribution in [-0.4, -0.2) is 5.91 Å². The molecule has 0 saturated carbocycles. The highest BCUT2D eigenvalue weighted by molar-refractivity contribution is 9.10. The van der Waals surface area contributed by atoms with Crippen LogP contribution in [0.2, 0.25) is 5.02 Å². The van der Waals surface area contributed by atoms with Gasteiger partial charge < -0.3 is 10.6 Å². The van der Waals surface area contributed by atoms with E-state index in [1.54, 1.807) is 18.2 Å². The Kier molecular flexibility index (Phi) is 6.42. The number of nitrogens with zero attached hydrogens (tertiary/aromatic N) is 1. The molecule has 0 unspecified atom stereocenters. The number of amides is 1. The van der Waals surface area contributed by atoms with Crippen molar-refractivity contribution in [2.75, 3.05) is 5.32 Å². The molecule has 0 fully saturated rings. The number of halogens is 2. The summed E-state index contributed by atoms with van der Waals surface area (Å²) in [5.74, 6) is -0.484. The Labute approximate surface area is 154 Å². The summed E-state index contributed by atoms with van der Waals surface area (Å²) in [7, 11) is 0. The van der Waals surface area contributed by atoms with Crippen LogP contribution in [0.4, 0.5) is 5.69 Å². The number of benzene rings is 2. The Bertz CT molecular complexity index is 827. The maximum absolute atomic E-state index is 12.2. The van der Waals surface area contributed by atoms with E-state index in [0.29, 0.717) is 17.3 Å². The number of hydrogen-bond donors (Lipinski definition) is 2. The molecule has 2 aromatic carbocycles. The van der Waals surface area contributed by atoms with E-state index in [1.807, 2.05) is 37.3 Å². The molecule has 0 bridgehead atoms. The molecule has 0 spiro atoms. The van der Waals surface area contributed by atoms with Crippen LogP contribution in [0.25, 0.3) is 0 Å². The fourth-order valence-electron chi connectivity index (χ4n) is 1.97. The van der Waals surface area contributed by atoms with Crippen LogP contribution in [0, 0.1) is 18.3 Å². The molecule has 1 amide bonds. The minimum atomic E-state index is -0.484. The summed E-state index contributed by atoms with van der Waals surface area (Å²) in [4.78, 5) is 12.2. The predicted molar refractivity (Wildman–Crippen MR) is 99.5 cm³/mol. The normalized spacial score (nSPS) is 10.8. The number of aryl methyl sites for hydroxylation is 1. The van der Waals surface area contributed by atoms with Gasteiger partial charge in [-0.3, -0.25) is 4.79 Å². The summed E-state index contributed by atoms with van der Waals surface area (Å²) in [6.07, 6.45) is 1.41. The molecule has 6 heteroatoms. The zero-order chi connectivity index (χ0) is 17.5. The standard InChI is InChI=1S/C18H15BrClN3O/c1-12-6-7-15(20)8-17(12)23-18(24)14(9-21)11-22-10-13-4-2-3-5-16(13)19/h2-8,11,22H,10H2,1H3,(H,23,24)/b14-11-. The first-order valence-corrected chi connectivity index (χ1v) is 8.33. The molecule has 2 N–H and O–H groups in total. The van der Waals surface area contributed by atoms with E-state index in [-0.39, 0.29) is 5.57 Å². The lowest BCUT2D eigenvalue weighted by molar-refractivity contribution is -0.112. The quantitative estimate of drug-likeness (QED) is 0.568. The van der Waals surface area contributed by atoms with Gasteiger partial charge >= 0.3 is 0 Å². The van der Waals surface area contributed by atoms with Crippen LogP contribution in [0.3, 0.4) is 0 Å². The smallest absolute Gasteiger partial charge is 0.267 e. The molecule has 0 aliphatic carbocycles. The third-order valence-electron chi connectivity index (χ3n) is 3.31. The Morgan fingerprint density at radius 1 is 1.33 bits per heavy atom. The van der Waals surface area contributed by atoms with Crippen molar-refractivity contribution in [3.63, 3.8) is 0 Å². The predicted octanol–water partition coefficient (Wildman–Crippen LogP) is 4.55. The number of carbonyl (C=O) groups excluding carboxylic acids is 1. The van der Waals surface area contributed by atoms with Gasteiger partial charge in [-0.15, -0.1) is 0 Å². The molecule has 0 aliphatic rings. The van der Waals surface area contributed by atoms with Gasteiger partial charge in [0.05, 0.1) is 0 Å². The highest BCUT2D eigenvalue weighted by atomic mass is 79.9. The summed E-state index contributed by atoms with van der Waals surface area (Å²) in [6.45, 7) is 2.35. The highest BCUT2D eigenvalue weighted by Gasteiger charge is 2.11. The summed E-state index contributed by atoms with van der Waals surface area (Å²) in [5.41, 5.74) is 2.46. The molecular weight excluding hydrogens is 390 g/mol. The van der Waals surface area contributed by atoms with Gasteiger partial charge in [0, 0.05) is 27.9 Å². The van der Waals surface area contributed by atoms with E-state index < -0.39 is 5.91 Å². The molecule has 24 heavy (non-hydrogen) atoms. The van der Waals surface area contributed by atoms with E-state index in [1.165, 1.54) is 6.20 Å². The number of nitrogens with one attached hydrogen (secondary N) is 2. The average molecular weight is 405 g/mol. The van der Waals surface area contributed by atoms with Gasteiger partial charge in [-0.1, -0.05) is 51.8 Å². The summed E-state index contributed by atoms with van der Waals surface area (Å²) in [6, 6.07) is 14.8. The van der Waals surface area contributed by atoms with Gasteiger partial charge in [0.25, 0.3) is 5.91 Å². The molecule has 0 radical (unpaired) electrons. The maximum atomic E-state index is 12.2. The van der Waals surface area contributed by atoms with Crippen molar-refractivity contribution in [2.45, 2.75) is 13.5 Å². The number of carbonyl (C=O) groups is 1. The molecule has 0 aliphatic heterocycles. The van der Waals surface area contributed by atoms with Crippen molar-refractivity contribution in [1.82, 2.24) is 5.32 Å². The zero-order valence-electron chi connectivity index (χ0n) is 12.9. The second-order valence-corrected chi connectivity index (χ2v) is 6.35. The maximum Gasteiger partial charge on any atom is 0.267 e. The monoisotopic (exact) mass is 403 g/mol. The molecule has 2 rings (SSSR count). The first-order valence-electron chi connectivity index (χ1n) is 7.16. The van der Waals surface area contributed by atoms with Crippen LogP contribution in [0.5, 0.6) is 0 Å². The number of rotatable bonds is 5. The van der Waals surface area contributed by atoms with Crippen LogP contribution in [-0.2, 0) is 11.3 Å². The Hall–Kier alpha value is -2.29. The molecule has 0 saturated heterocycles. The Balaban J connectivity index is 2.05. The SMILES string of the molecule is Cc1ccc(Cl)cc1NC(=O)/C(C#N)=C\NCc1ccccc1Br. The van der Waals surface area contributed by atoms with E-state index >= 15 is 0 Å². The lowest BCUT2D eigenvalue weighted by atomic mass is 10.2. The van der Waals surface area contributed by atoms with Crippen molar-refractivity contribution in [3.8, 4) is 6.07 Å². The third-order valence-corrected chi connectivity index (χ3v) is 4.32. The fraction of sp³-hybridized carbons (Fsp3) is 0.111. The Morgan fingerprint density at radius 2 is 2.08 bits per heavy atom. The lowest BCUT2D eigenvalue weighted by Crippen LogP contribution is -2.17. The van der Waals surface area contributed by atoms with Crippen LogP contribution >= 0.6 is 27.5 Å². The molecule has 0 heterocycles. The van der Waals surface area contributed by atoms with Gasteiger partial charge in [0.2, 0.25) is 0 Å². The van der Waals surface area contributed by atoms with Crippen LogP contribution in [0.1, 0.15) is 11.1 Å². The van der Waals surface area contributed by atoms with Crippen LogP contribution < -0.4 is 10.6 Å². The molecule has 0 atom stereocenters. The van der Waals surface area contributed by atoms with Crippen molar-refractivity contribution >= 4 is 39.1 Å². The third kappa shape index (κ3) is 4.85. The molecule has 2 aromatic rings. The molecular formula is C18H15BrClN3O. The van der Waals surface area contributed by atoms with Crippen LogP contribution in [0.15, 0.2) is 58.7 Å². The van der Waals surface area contributed by atoms with E-state index in [4.69, 9.17) is 11.6 Å². The van der Waals surface area contributed by atoms with E-state index in [2.05, 4.69) is 26.6 Å².